The highest BCUT2D eigenvalue weighted by molar-refractivity contribution is 5.87. The number of oxime groups is 1. The highest BCUT2D eigenvalue weighted by atomic mass is 16.4. The summed E-state index contributed by atoms with van der Waals surface area (Å²) in [5.41, 5.74) is 5.55. The van der Waals surface area contributed by atoms with Crippen LogP contribution in [0.25, 0.3) is 0 Å². The molecular formula is C13H25N3O2. The van der Waals surface area contributed by atoms with Crippen molar-refractivity contribution < 1.29 is 10.0 Å². The molecule has 1 amide bonds. The van der Waals surface area contributed by atoms with E-state index in [0.29, 0.717) is 12.3 Å². The van der Waals surface area contributed by atoms with E-state index in [9.17, 15) is 4.79 Å². The molecule has 0 heterocycles. The summed E-state index contributed by atoms with van der Waals surface area (Å²) in [6.07, 6.45) is 5.93. The van der Waals surface area contributed by atoms with Crippen LogP contribution >= 0.6 is 0 Å². The Morgan fingerprint density at radius 1 is 1.50 bits per heavy atom. The molecule has 1 saturated carbocycles. The Balaban J connectivity index is 2.66. The van der Waals surface area contributed by atoms with Gasteiger partial charge in [0, 0.05) is 12.5 Å². The fraction of sp³-hybridized carbons (Fsp3) is 0.846. The second-order valence-electron chi connectivity index (χ2n) is 5.27. The molecule has 0 aromatic rings. The second-order valence-corrected chi connectivity index (χ2v) is 5.27. The van der Waals surface area contributed by atoms with Gasteiger partial charge in [0.15, 0.2) is 5.84 Å². The first-order valence-corrected chi connectivity index (χ1v) is 6.84. The van der Waals surface area contributed by atoms with Crippen molar-refractivity contribution in [3.8, 4) is 0 Å². The zero-order valence-corrected chi connectivity index (χ0v) is 11.4. The van der Waals surface area contributed by atoms with E-state index in [1.54, 1.807) is 4.90 Å². The lowest BCUT2D eigenvalue weighted by atomic mass is 10.0. The van der Waals surface area contributed by atoms with Crippen LogP contribution in [0.3, 0.4) is 0 Å². The van der Waals surface area contributed by atoms with Crippen molar-refractivity contribution in [1.82, 2.24) is 4.90 Å². The minimum absolute atomic E-state index is 0.111. The molecule has 104 valence electrons. The smallest absolute Gasteiger partial charge is 0.223 e. The first-order valence-electron chi connectivity index (χ1n) is 6.84. The first-order chi connectivity index (χ1) is 8.58. The van der Waals surface area contributed by atoms with E-state index in [1.807, 2.05) is 0 Å². The molecule has 1 atom stereocenters. The number of hydrogen-bond donors (Lipinski definition) is 2. The molecule has 0 aromatic carbocycles. The molecule has 0 bridgehead atoms. The Bertz CT molecular complexity index is 299. The number of nitrogens with two attached hydrogens (primary N) is 1. The van der Waals surface area contributed by atoms with Crippen molar-refractivity contribution in [1.29, 1.82) is 0 Å². The molecule has 1 aliphatic rings. The van der Waals surface area contributed by atoms with E-state index in [1.165, 1.54) is 0 Å². The van der Waals surface area contributed by atoms with Crippen molar-refractivity contribution in [2.45, 2.75) is 58.4 Å². The van der Waals surface area contributed by atoms with Crippen LogP contribution in [-0.4, -0.2) is 34.4 Å². The average Bonchev–Trinajstić information content (AvgIpc) is 2.88. The SMILES string of the molecule is CCC(C)CC(=O)N(CC(N)=NO)C1CCCC1. The van der Waals surface area contributed by atoms with E-state index in [4.69, 9.17) is 10.9 Å². The summed E-state index contributed by atoms with van der Waals surface area (Å²) in [5.74, 6) is 0.621. The highest BCUT2D eigenvalue weighted by Gasteiger charge is 2.27. The summed E-state index contributed by atoms with van der Waals surface area (Å²) >= 11 is 0. The molecule has 3 N–H and O–H groups in total. The standard InChI is InChI=1S/C13H25N3O2/c1-3-10(2)8-13(17)16(9-12(14)15-18)11-6-4-5-7-11/h10-11,18H,3-9H2,1-2H3,(H2,14,15). The lowest BCUT2D eigenvalue weighted by Crippen LogP contribution is -2.44. The average molecular weight is 255 g/mol. The maximum atomic E-state index is 12.3. The Hall–Kier alpha value is -1.26. The van der Waals surface area contributed by atoms with Crippen molar-refractivity contribution in [2.75, 3.05) is 6.54 Å². The van der Waals surface area contributed by atoms with Gasteiger partial charge in [0.25, 0.3) is 0 Å². The third-order valence-corrected chi connectivity index (χ3v) is 3.77. The molecule has 5 heteroatoms. The third kappa shape index (κ3) is 4.20. The lowest BCUT2D eigenvalue weighted by molar-refractivity contribution is -0.133. The van der Waals surface area contributed by atoms with Gasteiger partial charge in [-0.15, -0.1) is 0 Å². The van der Waals surface area contributed by atoms with Crippen LogP contribution in [0, 0.1) is 5.92 Å². The van der Waals surface area contributed by atoms with Gasteiger partial charge in [0.2, 0.25) is 5.91 Å². The maximum absolute atomic E-state index is 12.3. The largest absolute Gasteiger partial charge is 0.409 e. The van der Waals surface area contributed by atoms with E-state index < -0.39 is 0 Å². The molecule has 0 aromatic heterocycles. The first kappa shape index (κ1) is 14.8. The fourth-order valence-corrected chi connectivity index (χ4v) is 2.40. The molecule has 0 saturated heterocycles. The zero-order chi connectivity index (χ0) is 13.5. The van der Waals surface area contributed by atoms with Crippen LogP contribution in [0.4, 0.5) is 0 Å². The number of nitrogens with zero attached hydrogens (tertiary/aromatic N) is 2. The lowest BCUT2D eigenvalue weighted by Gasteiger charge is -2.29. The van der Waals surface area contributed by atoms with Gasteiger partial charge in [-0.1, -0.05) is 38.3 Å². The number of amides is 1. The maximum Gasteiger partial charge on any atom is 0.223 e. The van der Waals surface area contributed by atoms with E-state index in [-0.39, 0.29) is 24.3 Å². The number of amidine groups is 1. The van der Waals surface area contributed by atoms with Crippen molar-refractivity contribution >= 4 is 11.7 Å². The summed E-state index contributed by atoms with van der Waals surface area (Å²) < 4.78 is 0. The highest BCUT2D eigenvalue weighted by Crippen LogP contribution is 2.24. The minimum Gasteiger partial charge on any atom is -0.409 e. The van der Waals surface area contributed by atoms with Crippen LogP contribution in [0.1, 0.15) is 52.4 Å². The normalized spacial score (nSPS) is 18.9. The second kappa shape index (κ2) is 7.24. The minimum atomic E-state index is 0.111. The van der Waals surface area contributed by atoms with E-state index >= 15 is 0 Å². The quantitative estimate of drug-likeness (QED) is 0.329. The monoisotopic (exact) mass is 255 g/mol. The van der Waals surface area contributed by atoms with E-state index in [2.05, 4.69) is 19.0 Å². The predicted molar refractivity (Wildman–Crippen MR) is 71.4 cm³/mol. The fourth-order valence-electron chi connectivity index (χ4n) is 2.40. The summed E-state index contributed by atoms with van der Waals surface area (Å²) in [6.45, 7) is 4.41. The molecular weight excluding hydrogens is 230 g/mol. The van der Waals surface area contributed by atoms with Crippen LogP contribution < -0.4 is 5.73 Å². The van der Waals surface area contributed by atoms with Crippen LogP contribution in [0.5, 0.6) is 0 Å². The molecule has 1 unspecified atom stereocenters. The molecule has 5 nitrogen and oxygen atoms in total. The van der Waals surface area contributed by atoms with Crippen LogP contribution in [0.2, 0.25) is 0 Å². The summed E-state index contributed by atoms with van der Waals surface area (Å²) in [5, 5.41) is 11.6. The van der Waals surface area contributed by atoms with Gasteiger partial charge < -0.3 is 15.8 Å². The molecule has 1 rings (SSSR count). The number of rotatable bonds is 6. The van der Waals surface area contributed by atoms with Crippen molar-refractivity contribution in [3.05, 3.63) is 0 Å². The van der Waals surface area contributed by atoms with Gasteiger partial charge in [-0.25, -0.2) is 0 Å². The zero-order valence-electron chi connectivity index (χ0n) is 11.4. The molecule has 1 fully saturated rings. The van der Waals surface area contributed by atoms with Gasteiger partial charge >= 0.3 is 0 Å². The van der Waals surface area contributed by atoms with Gasteiger partial charge in [0.1, 0.15) is 0 Å². The van der Waals surface area contributed by atoms with Gasteiger partial charge in [-0.2, -0.15) is 0 Å². The van der Waals surface area contributed by atoms with Crippen LogP contribution in [-0.2, 0) is 4.79 Å². The Labute approximate surface area is 109 Å². The Kier molecular flexibility index (Phi) is 5.95. The van der Waals surface area contributed by atoms with Crippen molar-refractivity contribution in [3.63, 3.8) is 0 Å². The third-order valence-electron chi connectivity index (χ3n) is 3.77. The number of carbonyl (C=O) groups excluding carboxylic acids is 1. The number of carbonyl (C=O) groups is 1. The molecule has 0 spiro atoms. The van der Waals surface area contributed by atoms with Gasteiger partial charge in [0.05, 0.1) is 6.54 Å². The Morgan fingerprint density at radius 2 is 2.11 bits per heavy atom. The molecule has 1 aliphatic carbocycles. The summed E-state index contributed by atoms with van der Waals surface area (Å²) in [7, 11) is 0. The predicted octanol–water partition coefficient (Wildman–Crippen LogP) is 1.94. The van der Waals surface area contributed by atoms with Crippen LogP contribution in [0.15, 0.2) is 5.16 Å². The molecule has 0 aliphatic heterocycles. The molecule has 0 radical (unpaired) electrons. The Morgan fingerprint density at radius 3 is 2.61 bits per heavy atom. The number of hydrogen-bond acceptors (Lipinski definition) is 3. The summed E-state index contributed by atoms with van der Waals surface area (Å²) in [6, 6.07) is 0.266. The van der Waals surface area contributed by atoms with Gasteiger partial charge in [-0.3, -0.25) is 4.79 Å². The van der Waals surface area contributed by atoms with E-state index in [0.717, 1.165) is 32.1 Å². The molecule has 18 heavy (non-hydrogen) atoms. The van der Waals surface area contributed by atoms with Crippen molar-refractivity contribution in [2.24, 2.45) is 16.8 Å². The van der Waals surface area contributed by atoms with Gasteiger partial charge in [-0.05, 0) is 18.8 Å². The summed E-state index contributed by atoms with van der Waals surface area (Å²) in [4.78, 5) is 14.1. The topological polar surface area (TPSA) is 78.9 Å².